The third kappa shape index (κ3) is 2.31. The molecule has 16 heavy (non-hydrogen) atoms. The molecule has 0 aliphatic carbocycles. The van der Waals surface area contributed by atoms with Gasteiger partial charge in [-0.05, 0) is 18.6 Å². The van der Waals surface area contributed by atoms with E-state index in [1.165, 1.54) is 0 Å². The molecule has 5 heteroatoms. The monoisotopic (exact) mass is 217 g/mol. The van der Waals surface area contributed by atoms with Crippen LogP contribution in [0.1, 0.15) is 25.2 Å². The minimum absolute atomic E-state index is 0.167. The normalized spacial score (nSPS) is 12.3. The average molecular weight is 217 g/mol. The van der Waals surface area contributed by atoms with Crippen molar-refractivity contribution in [2.24, 2.45) is 0 Å². The molecule has 0 bridgehead atoms. The fraction of sp³-hybridized carbons (Fsp3) is 0.273. The number of nitrogens with one attached hydrogen (secondary N) is 2. The van der Waals surface area contributed by atoms with Crippen LogP contribution in [0.2, 0.25) is 0 Å². The van der Waals surface area contributed by atoms with Gasteiger partial charge < -0.3 is 16.0 Å². The molecule has 84 valence electrons. The van der Waals surface area contributed by atoms with Gasteiger partial charge in [0.1, 0.15) is 11.6 Å². The van der Waals surface area contributed by atoms with Crippen LogP contribution in [-0.4, -0.2) is 15.0 Å². The van der Waals surface area contributed by atoms with Crippen molar-refractivity contribution in [3.63, 3.8) is 0 Å². The van der Waals surface area contributed by atoms with E-state index in [-0.39, 0.29) is 6.04 Å². The number of anilines is 2. The first-order chi connectivity index (χ1) is 7.79. The number of hydrogen-bond donors (Lipinski definition) is 3. The quantitative estimate of drug-likeness (QED) is 0.731. The molecule has 0 saturated carbocycles. The summed E-state index contributed by atoms with van der Waals surface area (Å²) in [6.07, 6.45) is 6.24. The summed E-state index contributed by atoms with van der Waals surface area (Å²) in [5.41, 5.74) is 6.47. The molecule has 4 N–H and O–H groups in total. The summed E-state index contributed by atoms with van der Waals surface area (Å²) in [5, 5.41) is 3.35. The molecule has 2 heterocycles. The molecule has 2 rings (SSSR count). The zero-order valence-electron chi connectivity index (χ0n) is 9.14. The van der Waals surface area contributed by atoms with Crippen molar-refractivity contribution >= 4 is 11.5 Å². The number of rotatable bonds is 4. The molecule has 2 aromatic heterocycles. The lowest BCUT2D eigenvalue weighted by Gasteiger charge is -2.15. The van der Waals surface area contributed by atoms with Crippen molar-refractivity contribution in [2.45, 2.75) is 19.4 Å². The number of nitrogen functional groups attached to an aromatic ring is 1. The molecule has 0 spiro atoms. The Balaban J connectivity index is 2.10. The number of nitrogens with zero attached hydrogens (tertiary/aromatic N) is 2. The van der Waals surface area contributed by atoms with E-state index in [1.807, 2.05) is 12.3 Å². The van der Waals surface area contributed by atoms with Crippen molar-refractivity contribution in [3.05, 3.63) is 36.5 Å². The van der Waals surface area contributed by atoms with Crippen molar-refractivity contribution in [3.8, 4) is 0 Å². The van der Waals surface area contributed by atoms with Gasteiger partial charge >= 0.3 is 0 Å². The SMILES string of the molecule is CCC(Nc1ccc(N)nc1)c1ncc[nH]1. The third-order valence-corrected chi connectivity index (χ3v) is 2.38. The Morgan fingerprint density at radius 1 is 1.44 bits per heavy atom. The van der Waals surface area contributed by atoms with Crippen LogP contribution in [0.3, 0.4) is 0 Å². The number of aromatic nitrogens is 3. The molecule has 0 aliphatic rings. The van der Waals surface area contributed by atoms with Gasteiger partial charge in [0, 0.05) is 12.4 Å². The van der Waals surface area contributed by atoms with Gasteiger partial charge in [-0.1, -0.05) is 6.92 Å². The average Bonchev–Trinajstić information content (AvgIpc) is 2.82. The van der Waals surface area contributed by atoms with Crippen LogP contribution >= 0.6 is 0 Å². The molecule has 0 aliphatic heterocycles. The van der Waals surface area contributed by atoms with Crippen LogP contribution in [0.4, 0.5) is 11.5 Å². The highest BCUT2D eigenvalue weighted by molar-refractivity contribution is 5.46. The van der Waals surface area contributed by atoms with Gasteiger partial charge in [0.2, 0.25) is 0 Å². The topological polar surface area (TPSA) is 79.6 Å². The highest BCUT2D eigenvalue weighted by Crippen LogP contribution is 2.19. The predicted octanol–water partition coefficient (Wildman–Crippen LogP) is 1.95. The van der Waals surface area contributed by atoms with Gasteiger partial charge in [0.15, 0.2) is 0 Å². The van der Waals surface area contributed by atoms with Crippen molar-refractivity contribution < 1.29 is 0 Å². The van der Waals surface area contributed by atoms with E-state index in [2.05, 4.69) is 27.2 Å². The highest BCUT2D eigenvalue weighted by Gasteiger charge is 2.10. The van der Waals surface area contributed by atoms with E-state index in [9.17, 15) is 0 Å². The summed E-state index contributed by atoms with van der Waals surface area (Å²) in [6, 6.07) is 3.85. The van der Waals surface area contributed by atoms with Gasteiger partial charge in [-0.3, -0.25) is 0 Å². The minimum atomic E-state index is 0.167. The third-order valence-electron chi connectivity index (χ3n) is 2.38. The van der Waals surface area contributed by atoms with E-state index in [4.69, 9.17) is 5.73 Å². The molecule has 0 fully saturated rings. The molecule has 0 aromatic carbocycles. The first-order valence-corrected chi connectivity index (χ1v) is 5.27. The maximum atomic E-state index is 5.53. The lowest BCUT2D eigenvalue weighted by atomic mass is 10.2. The summed E-state index contributed by atoms with van der Waals surface area (Å²) in [6.45, 7) is 2.10. The van der Waals surface area contributed by atoms with Crippen LogP contribution < -0.4 is 11.1 Å². The van der Waals surface area contributed by atoms with Crippen molar-refractivity contribution in [2.75, 3.05) is 11.1 Å². The largest absolute Gasteiger partial charge is 0.384 e. The molecule has 0 radical (unpaired) electrons. The number of pyridine rings is 1. The second-order valence-electron chi connectivity index (χ2n) is 3.55. The molecule has 0 amide bonds. The smallest absolute Gasteiger partial charge is 0.128 e. The number of aromatic amines is 1. The Kier molecular flexibility index (Phi) is 3.05. The van der Waals surface area contributed by atoms with E-state index in [0.717, 1.165) is 17.9 Å². The second-order valence-corrected chi connectivity index (χ2v) is 3.55. The summed E-state index contributed by atoms with van der Waals surface area (Å²) in [4.78, 5) is 11.4. The van der Waals surface area contributed by atoms with Crippen LogP contribution in [0.25, 0.3) is 0 Å². The van der Waals surface area contributed by atoms with E-state index in [1.54, 1.807) is 18.5 Å². The zero-order chi connectivity index (χ0) is 11.4. The highest BCUT2D eigenvalue weighted by atomic mass is 15.0. The summed E-state index contributed by atoms with van der Waals surface area (Å²) in [7, 11) is 0. The van der Waals surface area contributed by atoms with Gasteiger partial charge in [-0.25, -0.2) is 9.97 Å². The predicted molar refractivity (Wildman–Crippen MR) is 63.9 cm³/mol. The fourth-order valence-electron chi connectivity index (χ4n) is 1.52. The number of nitrogens with two attached hydrogens (primary N) is 1. The Labute approximate surface area is 94.1 Å². The summed E-state index contributed by atoms with van der Waals surface area (Å²) >= 11 is 0. The van der Waals surface area contributed by atoms with E-state index in [0.29, 0.717) is 5.82 Å². The number of hydrogen-bond acceptors (Lipinski definition) is 4. The lowest BCUT2D eigenvalue weighted by molar-refractivity contribution is 0.703. The van der Waals surface area contributed by atoms with Crippen LogP contribution in [0, 0.1) is 0 Å². The second kappa shape index (κ2) is 4.65. The Morgan fingerprint density at radius 2 is 2.31 bits per heavy atom. The van der Waals surface area contributed by atoms with Crippen LogP contribution in [0.5, 0.6) is 0 Å². The van der Waals surface area contributed by atoms with Crippen LogP contribution in [0.15, 0.2) is 30.7 Å². The standard InChI is InChI=1S/C11H15N5/c1-2-9(11-13-5-6-14-11)16-8-3-4-10(12)15-7-8/h3-7,9,16H,2H2,1H3,(H2,12,15)(H,13,14). The minimum Gasteiger partial charge on any atom is -0.384 e. The van der Waals surface area contributed by atoms with Gasteiger partial charge in [-0.15, -0.1) is 0 Å². The molecule has 1 atom stereocenters. The number of H-pyrrole nitrogens is 1. The van der Waals surface area contributed by atoms with Crippen molar-refractivity contribution in [1.82, 2.24) is 15.0 Å². The molecule has 1 unspecified atom stereocenters. The number of imidazole rings is 1. The summed E-state index contributed by atoms with van der Waals surface area (Å²) in [5.74, 6) is 1.45. The van der Waals surface area contributed by atoms with Crippen molar-refractivity contribution in [1.29, 1.82) is 0 Å². The van der Waals surface area contributed by atoms with Gasteiger partial charge in [-0.2, -0.15) is 0 Å². The summed E-state index contributed by atoms with van der Waals surface area (Å²) < 4.78 is 0. The Hall–Kier alpha value is -2.04. The fourth-order valence-corrected chi connectivity index (χ4v) is 1.52. The molecule has 2 aromatic rings. The van der Waals surface area contributed by atoms with Gasteiger partial charge in [0.05, 0.1) is 17.9 Å². The van der Waals surface area contributed by atoms with Crippen LogP contribution in [-0.2, 0) is 0 Å². The van der Waals surface area contributed by atoms with E-state index >= 15 is 0 Å². The van der Waals surface area contributed by atoms with Gasteiger partial charge in [0.25, 0.3) is 0 Å². The Morgan fingerprint density at radius 3 is 2.88 bits per heavy atom. The molecule has 5 nitrogen and oxygen atoms in total. The molecular weight excluding hydrogens is 202 g/mol. The maximum Gasteiger partial charge on any atom is 0.128 e. The maximum absolute atomic E-state index is 5.53. The lowest BCUT2D eigenvalue weighted by Crippen LogP contribution is -2.11. The first kappa shape index (κ1) is 10.5. The first-order valence-electron chi connectivity index (χ1n) is 5.27. The molecule has 0 saturated heterocycles. The Bertz CT molecular complexity index is 420. The zero-order valence-corrected chi connectivity index (χ0v) is 9.14. The van der Waals surface area contributed by atoms with E-state index < -0.39 is 0 Å². The molecular formula is C11H15N5.